The van der Waals surface area contributed by atoms with Crippen LogP contribution in [0.15, 0.2) is 72.8 Å². The number of aromatic amines is 1. The molecular formula is C26H26N4O3. The highest BCUT2D eigenvalue weighted by molar-refractivity contribution is 6.02. The lowest BCUT2D eigenvalue weighted by Gasteiger charge is -2.22. The first kappa shape index (κ1) is 22.1. The van der Waals surface area contributed by atoms with E-state index in [1.54, 1.807) is 24.3 Å². The lowest BCUT2D eigenvalue weighted by Crippen LogP contribution is -2.47. The molecule has 0 saturated carbocycles. The van der Waals surface area contributed by atoms with E-state index in [1.165, 1.54) is 7.11 Å². The highest BCUT2D eigenvalue weighted by atomic mass is 16.5. The summed E-state index contributed by atoms with van der Waals surface area (Å²) in [4.78, 5) is 33.8. The Balaban J connectivity index is 1.52. The van der Waals surface area contributed by atoms with Crippen LogP contribution in [0.3, 0.4) is 0 Å². The minimum atomic E-state index is -0.725. The van der Waals surface area contributed by atoms with Gasteiger partial charge in [0, 0.05) is 11.3 Å². The molecular weight excluding hydrogens is 416 g/mol. The lowest BCUT2D eigenvalue weighted by molar-refractivity contribution is -0.118. The monoisotopic (exact) mass is 442 g/mol. The van der Waals surface area contributed by atoms with Crippen molar-refractivity contribution in [3.05, 3.63) is 78.4 Å². The number of para-hydroxylation sites is 3. The number of hydrogen-bond donors (Lipinski definition) is 3. The van der Waals surface area contributed by atoms with Gasteiger partial charge in [-0.25, -0.2) is 4.98 Å². The quantitative estimate of drug-likeness (QED) is 0.389. The van der Waals surface area contributed by atoms with Gasteiger partial charge < -0.3 is 20.4 Å². The number of benzene rings is 3. The van der Waals surface area contributed by atoms with Gasteiger partial charge in [-0.15, -0.1) is 0 Å². The van der Waals surface area contributed by atoms with Crippen molar-refractivity contribution in [2.75, 3.05) is 12.4 Å². The third-order valence-corrected chi connectivity index (χ3v) is 5.38. The number of hydrogen-bond acceptors (Lipinski definition) is 4. The predicted octanol–water partition coefficient (Wildman–Crippen LogP) is 4.63. The molecule has 0 saturated heterocycles. The molecule has 1 unspecified atom stereocenters. The van der Waals surface area contributed by atoms with Gasteiger partial charge in [-0.05, 0) is 42.3 Å². The number of aromatic nitrogens is 2. The first-order valence-corrected chi connectivity index (χ1v) is 10.8. The zero-order chi connectivity index (χ0) is 23.4. The standard InChI is InChI=1S/C26H26N4O3/c1-16(2)23(30-25(31)19-11-4-7-14-22(19)33-3)26(32)27-18-10-8-9-17(15-18)24-28-20-12-5-6-13-21(20)29-24/h4-16,23H,1-3H3,(H,27,32)(H,28,29)(H,30,31). The molecule has 1 atom stereocenters. The van der Waals surface area contributed by atoms with Crippen molar-refractivity contribution >= 4 is 28.5 Å². The third-order valence-electron chi connectivity index (χ3n) is 5.38. The summed E-state index contributed by atoms with van der Waals surface area (Å²) in [5.74, 6) is 0.392. The van der Waals surface area contributed by atoms with Gasteiger partial charge in [-0.3, -0.25) is 9.59 Å². The molecule has 0 aliphatic rings. The first-order valence-electron chi connectivity index (χ1n) is 10.8. The normalized spacial score (nSPS) is 11.9. The second-order valence-electron chi connectivity index (χ2n) is 8.07. The zero-order valence-electron chi connectivity index (χ0n) is 18.8. The van der Waals surface area contributed by atoms with E-state index in [2.05, 4.69) is 20.6 Å². The van der Waals surface area contributed by atoms with Crippen LogP contribution in [0.5, 0.6) is 5.75 Å². The van der Waals surface area contributed by atoms with Crippen molar-refractivity contribution in [1.29, 1.82) is 0 Å². The van der Waals surface area contributed by atoms with E-state index in [9.17, 15) is 9.59 Å². The van der Waals surface area contributed by atoms with Crippen molar-refractivity contribution < 1.29 is 14.3 Å². The van der Waals surface area contributed by atoms with Crippen LogP contribution in [0, 0.1) is 5.92 Å². The Bertz CT molecular complexity index is 1260. The fourth-order valence-corrected chi connectivity index (χ4v) is 3.64. The smallest absolute Gasteiger partial charge is 0.255 e. The van der Waals surface area contributed by atoms with Gasteiger partial charge in [-0.1, -0.05) is 50.2 Å². The summed E-state index contributed by atoms with van der Waals surface area (Å²) < 4.78 is 5.27. The van der Waals surface area contributed by atoms with E-state index in [-0.39, 0.29) is 17.7 Å². The number of fused-ring (bicyclic) bond motifs is 1. The molecule has 1 aromatic heterocycles. The molecule has 4 rings (SSSR count). The maximum absolute atomic E-state index is 13.1. The topological polar surface area (TPSA) is 96.1 Å². The maximum Gasteiger partial charge on any atom is 0.255 e. The van der Waals surface area contributed by atoms with Crippen LogP contribution in [0.4, 0.5) is 5.69 Å². The van der Waals surface area contributed by atoms with Crippen LogP contribution in [0.2, 0.25) is 0 Å². The average molecular weight is 443 g/mol. The predicted molar refractivity (Wildman–Crippen MR) is 129 cm³/mol. The SMILES string of the molecule is COc1ccccc1C(=O)NC(C(=O)Nc1cccc(-c2nc3ccccc3[nH]2)c1)C(C)C. The number of H-pyrrole nitrogens is 1. The van der Waals surface area contributed by atoms with Crippen molar-refractivity contribution in [2.45, 2.75) is 19.9 Å². The minimum absolute atomic E-state index is 0.123. The molecule has 2 amide bonds. The number of imidazole rings is 1. The van der Waals surface area contributed by atoms with Gasteiger partial charge in [0.1, 0.15) is 17.6 Å². The summed E-state index contributed by atoms with van der Waals surface area (Å²) in [6, 6.07) is 21.4. The van der Waals surface area contributed by atoms with Gasteiger partial charge in [0.05, 0.1) is 23.7 Å². The van der Waals surface area contributed by atoms with E-state index in [4.69, 9.17) is 4.74 Å². The fraction of sp³-hybridized carbons (Fsp3) is 0.192. The summed E-state index contributed by atoms with van der Waals surface area (Å²) in [7, 11) is 1.51. The number of anilines is 1. The van der Waals surface area contributed by atoms with Crippen molar-refractivity contribution in [3.8, 4) is 17.1 Å². The van der Waals surface area contributed by atoms with E-state index in [0.29, 0.717) is 17.0 Å². The molecule has 7 nitrogen and oxygen atoms in total. The van der Waals surface area contributed by atoms with Gasteiger partial charge in [0.15, 0.2) is 0 Å². The van der Waals surface area contributed by atoms with E-state index < -0.39 is 6.04 Å². The van der Waals surface area contributed by atoms with Gasteiger partial charge in [0.25, 0.3) is 5.91 Å². The molecule has 168 valence electrons. The zero-order valence-corrected chi connectivity index (χ0v) is 18.8. The molecule has 7 heteroatoms. The Hall–Kier alpha value is -4.13. The molecule has 1 heterocycles. The molecule has 3 N–H and O–H groups in total. The second kappa shape index (κ2) is 9.56. The van der Waals surface area contributed by atoms with Crippen molar-refractivity contribution in [2.24, 2.45) is 5.92 Å². The number of amides is 2. The number of carbonyl (C=O) groups excluding carboxylic acids is 2. The highest BCUT2D eigenvalue weighted by Crippen LogP contribution is 2.23. The summed E-state index contributed by atoms with van der Waals surface area (Å²) in [6.45, 7) is 3.77. The number of nitrogens with one attached hydrogen (secondary N) is 3. The number of carbonyl (C=O) groups is 2. The van der Waals surface area contributed by atoms with Crippen LogP contribution in [-0.4, -0.2) is 34.9 Å². The summed E-state index contributed by atoms with van der Waals surface area (Å²) in [5.41, 5.74) is 3.67. The second-order valence-corrected chi connectivity index (χ2v) is 8.07. The van der Waals surface area contributed by atoms with Crippen molar-refractivity contribution in [1.82, 2.24) is 15.3 Å². The van der Waals surface area contributed by atoms with Crippen LogP contribution in [0.25, 0.3) is 22.4 Å². The molecule has 33 heavy (non-hydrogen) atoms. The summed E-state index contributed by atoms with van der Waals surface area (Å²) >= 11 is 0. The molecule has 0 radical (unpaired) electrons. The number of methoxy groups -OCH3 is 1. The summed E-state index contributed by atoms with van der Waals surface area (Å²) in [6.07, 6.45) is 0. The molecule has 0 fully saturated rings. The molecule has 0 bridgehead atoms. The molecule has 0 aliphatic carbocycles. The Morgan fingerprint density at radius 1 is 0.970 bits per heavy atom. The lowest BCUT2D eigenvalue weighted by atomic mass is 10.0. The summed E-state index contributed by atoms with van der Waals surface area (Å²) in [5, 5.41) is 5.77. The maximum atomic E-state index is 13.1. The Morgan fingerprint density at radius 2 is 1.73 bits per heavy atom. The van der Waals surface area contributed by atoms with Gasteiger partial charge in [0.2, 0.25) is 5.91 Å². The number of rotatable bonds is 7. The first-order chi connectivity index (χ1) is 16.0. The highest BCUT2D eigenvalue weighted by Gasteiger charge is 2.26. The van der Waals surface area contributed by atoms with Gasteiger partial charge in [-0.2, -0.15) is 0 Å². The van der Waals surface area contributed by atoms with Crippen LogP contribution in [-0.2, 0) is 4.79 Å². The number of nitrogens with zero attached hydrogens (tertiary/aromatic N) is 1. The Kier molecular flexibility index (Phi) is 6.40. The van der Waals surface area contributed by atoms with E-state index in [0.717, 1.165) is 22.4 Å². The van der Waals surface area contributed by atoms with Crippen LogP contribution >= 0.6 is 0 Å². The molecule has 0 spiro atoms. The Labute approximate surface area is 192 Å². The molecule has 0 aliphatic heterocycles. The van der Waals surface area contributed by atoms with Crippen LogP contribution in [0.1, 0.15) is 24.2 Å². The largest absolute Gasteiger partial charge is 0.496 e. The van der Waals surface area contributed by atoms with Gasteiger partial charge >= 0.3 is 0 Å². The number of ether oxygens (including phenoxy) is 1. The van der Waals surface area contributed by atoms with Crippen molar-refractivity contribution in [3.63, 3.8) is 0 Å². The minimum Gasteiger partial charge on any atom is -0.496 e. The fourth-order valence-electron chi connectivity index (χ4n) is 3.64. The van der Waals surface area contributed by atoms with E-state index >= 15 is 0 Å². The average Bonchev–Trinajstić information content (AvgIpc) is 3.26. The molecule has 4 aromatic rings. The third kappa shape index (κ3) is 4.87. The van der Waals surface area contributed by atoms with Crippen LogP contribution < -0.4 is 15.4 Å². The Morgan fingerprint density at radius 3 is 2.48 bits per heavy atom. The molecule has 3 aromatic carbocycles. The van der Waals surface area contributed by atoms with E-state index in [1.807, 2.05) is 62.4 Å².